The molecular weight excluding hydrogens is 326 g/mol. The van der Waals surface area contributed by atoms with Gasteiger partial charge in [0.15, 0.2) is 17.3 Å². The minimum Gasteiger partial charge on any atom is -0.493 e. The zero-order valence-electron chi connectivity index (χ0n) is 14.0. The first-order valence-electron chi connectivity index (χ1n) is 7.91. The number of amides is 1. The third-order valence-electron chi connectivity index (χ3n) is 4.33. The molecule has 1 fully saturated rings. The van der Waals surface area contributed by atoms with Gasteiger partial charge in [0.2, 0.25) is 5.76 Å². The monoisotopic (exact) mass is 345 g/mol. The lowest BCUT2D eigenvalue weighted by molar-refractivity contribution is 0.0645. The molecule has 2 heterocycles. The van der Waals surface area contributed by atoms with Crippen molar-refractivity contribution in [3.05, 3.63) is 47.4 Å². The van der Waals surface area contributed by atoms with Crippen molar-refractivity contribution in [2.45, 2.75) is 18.9 Å². The first-order chi connectivity index (χ1) is 12.0. The number of carbonyl (C=O) groups excluding carboxylic acids is 1. The van der Waals surface area contributed by atoms with Gasteiger partial charge >= 0.3 is 5.97 Å². The average Bonchev–Trinajstić information content (AvgIpc) is 3.30. The van der Waals surface area contributed by atoms with Crippen molar-refractivity contribution in [1.29, 1.82) is 0 Å². The summed E-state index contributed by atoms with van der Waals surface area (Å²) in [6.07, 6.45) is 1.67. The Labute approximate surface area is 144 Å². The standard InChI is InChI=1S/C18H19NO6/c1-23-13-6-5-11(10-16(13)24-2)12-4-3-9-19(12)17(20)14-7-8-15(25-14)18(21)22/h5-8,10,12H,3-4,9H2,1-2H3,(H,21,22). The summed E-state index contributed by atoms with van der Waals surface area (Å²) in [5.74, 6) is -0.499. The quantitative estimate of drug-likeness (QED) is 0.896. The van der Waals surface area contributed by atoms with Crippen LogP contribution in [-0.2, 0) is 0 Å². The number of carboxylic acids is 1. The van der Waals surface area contributed by atoms with Gasteiger partial charge in [0, 0.05) is 6.54 Å². The van der Waals surface area contributed by atoms with E-state index in [-0.39, 0.29) is 23.5 Å². The average molecular weight is 345 g/mol. The lowest BCUT2D eigenvalue weighted by Crippen LogP contribution is -2.30. The second-order valence-corrected chi connectivity index (χ2v) is 5.74. The number of hydrogen-bond donors (Lipinski definition) is 1. The minimum absolute atomic E-state index is 0.0322. The summed E-state index contributed by atoms with van der Waals surface area (Å²) in [5, 5.41) is 8.94. The van der Waals surface area contributed by atoms with Crippen LogP contribution in [-0.4, -0.2) is 42.6 Å². The lowest BCUT2D eigenvalue weighted by atomic mass is 10.0. The van der Waals surface area contributed by atoms with Gasteiger partial charge in [-0.15, -0.1) is 0 Å². The van der Waals surface area contributed by atoms with Gasteiger partial charge in [-0.05, 0) is 42.7 Å². The van der Waals surface area contributed by atoms with Gasteiger partial charge in [-0.3, -0.25) is 4.79 Å². The van der Waals surface area contributed by atoms with E-state index in [0.717, 1.165) is 18.4 Å². The van der Waals surface area contributed by atoms with Gasteiger partial charge in [0.1, 0.15) is 0 Å². The van der Waals surface area contributed by atoms with E-state index in [9.17, 15) is 9.59 Å². The molecule has 132 valence electrons. The molecule has 7 heteroatoms. The van der Waals surface area contributed by atoms with Crippen LogP contribution in [0.2, 0.25) is 0 Å². The highest BCUT2D eigenvalue weighted by Gasteiger charge is 2.33. The molecule has 0 bridgehead atoms. The number of rotatable bonds is 5. The van der Waals surface area contributed by atoms with E-state index >= 15 is 0 Å². The molecule has 1 aliphatic heterocycles. The van der Waals surface area contributed by atoms with Crippen molar-refractivity contribution >= 4 is 11.9 Å². The third kappa shape index (κ3) is 3.17. The van der Waals surface area contributed by atoms with Crippen molar-refractivity contribution in [1.82, 2.24) is 4.90 Å². The number of benzene rings is 1. The summed E-state index contributed by atoms with van der Waals surface area (Å²) >= 11 is 0. The normalized spacial score (nSPS) is 16.7. The number of methoxy groups -OCH3 is 2. The highest BCUT2D eigenvalue weighted by molar-refractivity contribution is 5.94. The fourth-order valence-corrected chi connectivity index (χ4v) is 3.13. The molecule has 0 aliphatic carbocycles. The fourth-order valence-electron chi connectivity index (χ4n) is 3.13. The Morgan fingerprint density at radius 3 is 2.48 bits per heavy atom. The van der Waals surface area contributed by atoms with E-state index in [0.29, 0.717) is 18.0 Å². The molecule has 2 aromatic rings. The van der Waals surface area contributed by atoms with Crippen LogP contribution >= 0.6 is 0 Å². The number of likely N-dealkylation sites (tertiary alicyclic amines) is 1. The number of hydrogen-bond acceptors (Lipinski definition) is 5. The molecule has 0 radical (unpaired) electrons. The Morgan fingerprint density at radius 2 is 1.84 bits per heavy atom. The van der Waals surface area contributed by atoms with E-state index < -0.39 is 5.97 Å². The fraction of sp³-hybridized carbons (Fsp3) is 0.333. The smallest absolute Gasteiger partial charge is 0.371 e. The van der Waals surface area contributed by atoms with Crippen LogP contribution in [0.15, 0.2) is 34.7 Å². The summed E-state index contributed by atoms with van der Waals surface area (Å²) in [7, 11) is 3.13. The molecule has 1 aromatic carbocycles. The highest BCUT2D eigenvalue weighted by atomic mass is 16.5. The molecule has 1 amide bonds. The van der Waals surface area contributed by atoms with Crippen LogP contribution < -0.4 is 9.47 Å². The Hall–Kier alpha value is -2.96. The molecule has 0 spiro atoms. The highest BCUT2D eigenvalue weighted by Crippen LogP contribution is 2.37. The summed E-state index contributed by atoms with van der Waals surface area (Å²) < 4.78 is 15.7. The summed E-state index contributed by atoms with van der Waals surface area (Å²) in [6, 6.07) is 8.14. The Morgan fingerprint density at radius 1 is 1.12 bits per heavy atom. The third-order valence-corrected chi connectivity index (χ3v) is 4.33. The topological polar surface area (TPSA) is 89.2 Å². The summed E-state index contributed by atoms with van der Waals surface area (Å²) in [6.45, 7) is 0.584. The Balaban J connectivity index is 1.87. The number of nitrogens with zero attached hydrogens (tertiary/aromatic N) is 1. The largest absolute Gasteiger partial charge is 0.493 e. The van der Waals surface area contributed by atoms with Crippen LogP contribution in [0.5, 0.6) is 11.5 Å². The molecule has 3 rings (SSSR count). The molecular formula is C18H19NO6. The van der Waals surface area contributed by atoms with Crippen molar-refractivity contribution in [3.63, 3.8) is 0 Å². The van der Waals surface area contributed by atoms with Crippen LogP contribution in [0, 0.1) is 0 Å². The number of aromatic carboxylic acids is 1. The van der Waals surface area contributed by atoms with E-state index in [1.807, 2.05) is 18.2 Å². The summed E-state index contributed by atoms with van der Waals surface area (Å²) in [5.41, 5.74) is 0.938. The molecule has 1 aromatic heterocycles. The van der Waals surface area contributed by atoms with Crippen molar-refractivity contribution < 1.29 is 28.6 Å². The Bertz CT molecular complexity index is 797. The maximum atomic E-state index is 12.7. The van der Waals surface area contributed by atoms with E-state index in [1.54, 1.807) is 19.1 Å². The van der Waals surface area contributed by atoms with E-state index in [4.69, 9.17) is 19.0 Å². The molecule has 1 saturated heterocycles. The molecule has 1 N–H and O–H groups in total. The van der Waals surface area contributed by atoms with Gasteiger partial charge in [-0.2, -0.15) is 0 Å². The first-order valence-corrected chi connectivity index (χ1v) is 7.91. The molecule has 1 unspecified atom stereocenters. The van der Waals surface area contributed by atoms with Gasteiger partial charge in [-0.1, -0.05) is 6.07 Å². The maximum Gasteiger partial charge on any atom is 0.371 e. The van der Waals surface area contributed by atoms with Crippen molar-refractivity contribution in [3.8, 4) is 11.5 Å². The number of furan rings is 1. The Kier molecular flexibility index (Phi) is 4.65. The zero-order chi connectivity index (χ0) is 18.0. The van der Waals surface area contributed by atoms with Crippen LogP contribution in [0.4, 0.5) is 0 Å². The molecule has 7 nitrogen and oxygen atoms in total. The van der Waals surface area contributed by atoms with Crippen LogP contribution in [0.25, 0.3) is 0 Å². The first kappa shape index (κ1) is 16.9. The maximum absolute atomic E-state index is 12.7. The van der Waals surface area contributed by atoms with E-state index in [2.05, 4.69) is 0 Å². The predicted molar refractivity (Wildman–Crippen MR) is 88.2 cm³/mol. The molecule has 1 aliphatic rings. The van der Waals surface area contributed by atoms with Gasteiger partial charge in [0.25, 0.3) is 5.91 Å². The van der Waals surface area contributed by atoms with Crippen molar-refractivity contribution in [2.24, 2.45) is 0 Å². The number of ether oxygens (including phenoxy) is 2. The number of carbonyl (C=O) groups is 2. The molecule has 0 saturated carbocycles. The van der Waals surface area contributed by atoms with E-state index in [1.165, 1.54) is 12.1 Å². The second-order valence-electron chi connectivity index (χ2n) is 5.74. The van der Waals surface area contributed by atoms with Crippen LogP contribution in [0.3, 0.4) is 0 Å². The van der Waals surface area contributed by atoms with Crippen LogP contribution in [0.1, 0.15) is 45.6 Å². The second kappa shape index (κ2) is 6.88. The van der Waals surface area contributed by atoms with Gasteiger partial charge in [0.05, 0.1) is 20.3 Å². The summed E-state index contributed by atoms with van der Waals surface area (Å²) in [4.78, 5) is 25.4. The zero-order valence-corrected chi connectivity index (χ0v) is 14.0. The predicted octanol–water partition coefficient (Wildman–Crippen LogP) is 2.97. The SMILES string of the molecule is COc1ccc(C2CCCN2C(=O)c2ccc(C(=O)O)o2)cc1OC. The minimum atomic E-state index is -1.20. The van der Waals surface area contributed by atoms with Gasteiger partial charge in [-0.25, -0.2) is 4.79 Å². The van der Waals surface area contributed by atoms with Crippen molar-refractivity contribution in [2.75, 3.05) is 20.8 Å². The van der Waals surface area contributed by atoms with Gasteiger partial charge < -0.3 is 23.9 Å². The number of carboxylic acid groups (broad SMARTS) is 1. The molecule has 1 atom stereocenters. The molecule has 25 heavy (non-hydrogen) atoms. The lowest BCUT2D eigenvalue weighted by Gasteiger charge is -2.24.